The number of hydrogen-bond donors (Lipinski definition) is 2. The number of hydrogen-bond acceptors (Lipinski definition) is 6. The number of benzene rings is 3. The van der Waals surface area contributed by atoms with Crippen LogP contribution in [0.3, 0.4) is 0 Å². The highest BCUT2D eigenvalue weighted by molar-refractivity contribution is 6.05. The molecule has 38 heavy (non-hydrogen) atoms. The Hall–Kier alpha value is -4.59. The molecule has 8 heteroatoms. The van der Waals surface area contributed by atoms with Crippen LogP contribution in [0.4, 0.5) is 5.69 Å². The highest BCUT2D eigenvalue weighted by Crippen LogP contribution is 2.33. The summed E-state index contributed by atoms with van der Waals surface area (Å²) in [5, 5.41) is 6.81. The first-order chi connectivity index (χ1) is 18.6. The first-order valence-corrected chi connectivity index (χ1v) is 12.7. The maximum absolute atomic E-state index is 13.1. The van der Waals surface area contributed by atoms with Gasteiger partial charge in [0.15, 0.2) is 11.5 Å². The molecule has 3 aromatic rings. The minimum atomic E-state index is -0.558. The summed E-state index contributed by atoms with van der Waals surface area (Å²) in [6.45, 7) is 6.49. The molecule has 8 nitrogen and oxygen atoms in total. The summed E-state index contributed by atoms with van der Waals surface area (Å²) in [5.74, 6) is 0.239. The third-order valence-electron chi connectivity index (χ3n) is 5.86. The predicted octanol–water partition coefficient (Wildman–Crippen LogP) is 4.96. The highest BCUT2D eigenvalue weighted by Gasteiger charge is 2.17. The Kier molecular flexibility index (Phi) is 9.12. The van der Waals surface area contributed by atoms with Crippen molar-refractivity contribution in [3.8, 4) is 11.5 Å². The van der Waals surface area contributed by atoms with E-state index in [2.05, 4.69) is 46.7 Å². The van der Waals surface area contributed by atoms with Crippen molar-refractivity contribution >= 4 is 29.8 Å². The van der Waals surface area contributed by atoms with Gasteiger partial charge in [0.05, 0.1) is 6.21 Å². The van der Waals surface area contributed by atoms with E-state index in [1.54, 1.807) is 54.8 Å². The summed E-state index contributed by atoms with van der Waals surface area (Å²) in [7, 11) is 0. The molecule has 0 saturated carbocycles. The van der Waals surface area contributed by atoms with E-state index in [1.165, 1.54) is 0 Å². The predicted molar refractivity (Wildman–Crippen MR) is 149 cm³/mol. The van der Waals surface area contributed by atoms with Gasteiger partial charge in [0, 0.05) is 24.3 Å². The van der Waals surface area contributed by atoms with E-state index in [4.69, 9.17) is 9.47 Å². The average molecular weight is 513 g/mol. The summed E-state index contributed by atoms with van der Waals surface area (Å²) >= 11 is 0. The number of nitrogens with zero attached hydrogens (tertiary/aromatic N) is 2. The first kappa shape index (κ1) is 26.5. The van der Waals surface area contributed by atoms with E-state index >= 15 is 0 Å². The van der Waals surface area contributed by atoms with E-state index in [0.717, 1.165) is 37.2 Å². The van der Waals surface area contributed by atoms with E-state index in [-0.39, 0.29) is 12.5 Å². The summed E-state index contributed by atoms with van der Waals surface area (Å²) in [4.78, 5) is 28.2. The van der Waals surface area contributed by atoms with Crippen LogP contribution in [0.15, 0.2) is 83.6 Å². The smallest absolute Gasteiger partial charge is 0.287 e. The Balaban J connectivity index is 1.48. The van der Waals surface area contributed by atoms with E-state index < -0.39 is 11.8 Å². The molecule has 4 rings (SSSR count). The number of amides is 2. The zero-order valence-electron chi connectivity index (χ0n) is 21.6. The summed E-state index contributed by atoms with van der Waals surface area (Å²) < 4.78 is 10.8. The van der Waals surface area contributed by atoms with Crippen LogP contribution in [0.5, 0.6) is 11.5 Å². The zero-order chi connectivity index (χ0) is 26.7. The van der Waals surface area contributed by atoms with Crippen LogP contribution in [0.2, 0.25) is 0 Å². The van der Waals surface area contributed by atoms with E-state index in [9.17, 15) is 9.59 Å². The van der Waals surface area contributed by atoms with Gasteiger partial charge in [-0.05, 0) is 66.4 Å². The molecule has 0 aliphatic carbocycles. The lowest BCUT2D eigenvalue weighted by atomic mass is 10.1. The molecule has 0 spiro atoms. The Morgan fingerprint density at radius 2 is 1.58 bits per heavy atom. The first-order valence-electron chi connectivity index (χ1n) is 12.7. The van der Waals surface area contributed by atoms with Crippen molar-refractivity contribution in [3.05, 3.63) is 95.2 Å². The number of rotatable bonds is 11. The molecule has 0 saturated heterocycles. The average Bonchev–Trinajstić information content (AvgIpc) is 3.41. The van der Waals surface area contributed by atoms with Gasteiger partial charge in [0.25, 0.3) is 11.8 Å². The van der Waals surface area contributed by atoms with Gasteiger partial charge in [0.1, 0.15) is 5.70 Å². The van der Waals surface area contributed by atoms with Crippen LogP contribution in [-0.4, -0.2) is 37.9 Å². The molecule has 0 fully saturated rings. The van der Waals surface area contributed by atoms with Gasteiger partial charge in [0.2, 0.25) is 6.79 Å². The van der Waals surface area contributed by atoms with Gasteiger partial charge in [-0.3, -0.25) is 9.59 Å². The lowest BCUT2D eigenvalue weighted by Gasteiger charge is -2.23. The Bertz CT molecular complexity index is 1300. The molecule has 1 aliphatic heterocycles. The number of carbonyl (C=O) groups is 2. The van der Waals surface area contributed by atoms with E-state index in [0.29, 0.717) is 22.6 Å². The number of fused-ring (bicyclic) bond motifs is 1. The fourth-order valence-electron chi connectivity index (χ4n) is 4.02. The third-order valence-corrected chi connectivity index (χ3v) is 5.86. The minimum absolute atomic E-state index is 0.0417. The minimum Gasteiger partial charge on any atom is -0.454 e. The number of hydrazone groups is 1. The standard InChI is InChI=1S/C30H32N4O4/c1-3-16-34(17-4-2)25-13-10-22(11-14-25)20-31-33-30(36)26(32-29(35)24-8-6-5-7-9-24)18-23-12-15-27-28(19-23)38-21-37-27/h5-15,18-20H,3-4,16-17,21H2,1-2H3,(H,32,35)(H,33,36)/b26-18+,31-20+. The second-order valence-corrected chi connectivity index (χ2v) is 8.77. The van der Waals surface area contributed by atoms with Gasteiger partial charge in [-0.2, -0.15) is 5.10 Å². The molecule has 1 heterocycles. The van der Waals surface area contributed by atoms with Gasteiger partial charge in [-0.15, -0.1) is 0 Å². The van der Waals surface area contributed by atoms with Gasteiger partial charge in [-0.1, -0.05) is 50.2 Å². The van der Waals surface area contributed by atoms with Gasteiger partial charge < -0.3 is 19.7 Å². The summed E-state index contributed by atoms with van der Waals surface area (Å²) in [6, 6.07) is 22.0. The maximum Gasteiger partial charge on any atom is 0.287 e. The Morgan fingerprint density at radius 3 is 2.29 bits per heavy atom. The number of carbonyl (C=O) groups excluding carboxylic acids is 2. The second-order valence-electron chi connectivity index (χ2n) is 8.77. The summed E-state index contributed by atoms with van der Waals surface area (Å²) in [6.07, 6.45) is 5.30. The molecule has 196 valence electrons. The van der Waals surface area contributed by atoms with Crippen molar-refractivity contribution in [2.75, 3.05) is 24.8 Å². The van der Waals surface area contributed by atoms with Crippen molar-refractivity contribution in [3.63, 3.8) is 0 Å². The normalized spacial score (nSPS) is 12.4. The van der Waals surface area contributed by atoms with Gasteiger partial charge >= 0.3 is 0 Å². The molecular weight excluding hydrogens is 480 g/mol. The number of nitrogens with one attached hydrogen (secondary N) is 2. The molecular formula is C30H32N4O4. The molecule has 0 atom stereocenters. The monoisotopic (exact) mass is 512 g/mol. The van der Waals surface area contributed by atoms with Crippen molar-refractivity contribution in [1.82, 2.24) is 10.7 Å². The van der Waals surface area contributed by atoms with Crippen molar-refractivity contribution < 1.29 is 19.1 Å². The lowest BCUT2D eigenvalue weighted by Crippen LogP contribution is -2.32. The third kappa shape index (κ3) is 7.00. The maximum atomic E-state index is 13.1. The molecule has 0 unspecified atom stereocenters. The number of anilines is 1. The quantitative estimate of drug-likeness (QED) is 0.215. The molecule has 2 amide bonds. The van der Waals surface area contributed by atoms with Crippen molar-refractivity contribution in [2.45, 2.75) is 26.7 Å². The van der Waals surface area contributed by atoms with Crippen LogP contribution < -0.4 is 25.1 Å². The fraction of sp³-hybridized carbons (Fsp3) is 0.233. The van der Waals surface area contributed by atoms with Gasteiger partial charge in [-0.25, -0.2) is 5.43 Å². The molecule has 3 aromatic carbocycles. The van der Waals surface area contributed by atoms with Crippen molar-refractivity contribution in [1.29, 1.82) is 0 Å². The van der Waals surface area contributed by atoms with Crippen LogP contribution in [-0.2, 0) is 4.79 Å². The SMILES string of the molecule is CCCN(CCC)c1ccc(/C=N/NC(=O)/C(=C\c2ccc3c(c2)OCO3)NC(=O)c2ccccc2)cc1. The molecule has 0 radical (unpaired) electrons. The zero-order valence-corrected chi connectivity index (χ0v) is 21.6. The lowest BCUT2D eigenvalue weighted by molar-refractivity contribution is -0.117. The van der Waals surface area contributed by atoms with Crippen molar-refractivity contribution in [2.24, 2.45) is 5.10 Å². The molecule has 0 bridgehead atoms. The van der Waals surface area contributed by atoms with Crippen LogP contribution in [0, 0.1) is 0 Å². The number of ether oxygens (including phenoxy) is 2. The molecule has 2 N–H and O–H groups in total. The summed E-state index contributed by atoms with van der Waals surface area (Å²) in [5.41, 5.74) is 5.66. The topological polar surface area (TPSA) is 92.3 Å². The fourth-order valence-corrected chi connectivity index (χ4v) is 4.02. The molecule has 1 aliphatic rings. The Morgan fingerprint density at radius 1 is 0.895 bits per heavy atom. The second kappa shape index (κ2) is 13.1. The largest absolute Gasteiger partial charge is 0.454 e. The molecule has 0 aromatic heterocycles. The highest BCUT2D eigenvalue weighted by atomic mass is 16.7. The Labute approximate surface area is 223 Å². The van der Waals surface area contributed by atoms with Crippen LogP contribution in [0.1, 0.15) is 48.2 Å². The van der Waals surface area contributed by atoms with E-state index in [1.807, 2.05) is 18.2 Å². The van der Waals surface area contributed by atoms with Crippen LogP contribution in [0.25, 0.3) is 6.08 Å². The van der Waals surface area contributed by atoms with Crippen LogP contribution >= 0.6 is 0 Å².